The molecule has 0 saturated carbocycles. The molecular weight excluding hydrogens is 719 g/mol. The average molecular weight is 788 g/mol. The Labute approximate surface area is 323 Å². The van der Waals surface area contributed by atoms with Crippen molar-refractivity contribution in [2.45, 2.75) is 172 Å². The molecule has 13 nitrogen and oxygen atoms in total. The van der Waals surface area contributed by atoms with Crippen molar-refractivity contribution in [1.29, 1.82) is 0 Å². The quantitative estimate of drug-likeness (QED) is 0.0272. The topological polar surface area (TPSA) is 212 Å². The maximum absolute atomic E-state index is 13.0. The molecule has 1 heterocycles. The van der Waals surface area contributed by atoms with Gasteiger partial charge in [-0.15, -0.1) is 0 Å². The Morgan fingerprint density at radius 1 is 0.796 bits per heavy atom. The Balaban J connectivity index is 2.66. The molecule has 1 aliphatic heterocycles. The summed E-state index contributed by atoms with van der Waals surface area (Å²) in [5, 5.41) is 54.8. The van der Waals surface area contributed by atoms with Crippen LogP contribution in [0.3, 0.4) is 0 Å². The van der Waals surface area contributed by atoms with Crippen molar-refractivity contribution in [2.24, 2.45) is 0 Å². The number of rotatable bonds is 31. The summed E-state index contributed by atoms with van der Waals surface area (Å²) in [5.41, 5.74) is 0. The molecule has 0 spiro atoms. The molecule has 0 aromatic heterocycles. The largest absolute Gasteiger partial charge is 0.397 e. The number of amides is 1. The van der Waals surface area contributed by atoms with E-state index in [0.29, 0.717) is 12.8 Å². The molecule has 7 N–H and O–H groups in total. The molecule has 1 saturated heterocycles. The van der Waals surface area contributed by atoms with Crippen LogP contribution in [0.25, 0.3) is 0 Å². The van der Waals surface area contributed by atoms with Gasteiger partial charge in [0, 0.05) is 0 Å². The molecule has 1 rings (SSSR count). The molecule has 0 aromatic rings. The van der Waals surface area contributed by atoms with Crippen LogP contribution >= 0.6 is 0 Å². The van der Waals surface area contributed by atoms with Crippen LogP contribution in [0.1, 0.15) is 123 Å². The number of aliphatic hydroxyl groups is 5. The fourth-order valence-corrected chi connectivity index (χ4v) is 6.27. The number of carbonyl (C=O) groups is 1. The van der Waals surface area contributed by atoms with Gasteiger partial charge in [0.2, 0.25) is 5.91 Å². The number of allylic oxidation sites excluding steroid dienone is 9. The van der Waals surface area contributed by atoms with Crippen LogP contribution in [0, 0.1) is 0 Å². The van der Waals surface area contributed by atoms with E-state index >= 15 is 0 Å². The summed E-state index contributed by atoms with van der Waals surface area (Å²) in [6, 6.07) is -1.15. The predicted octanol–water partition coefficient (Wildman–Crippen LogP) is 5.29. The van der Waals surface area contributed by atoms with E-state index in [9.17, 15) is 38.7 Å². The van der Waals surface area contributed by atoms with Gasteiger partial charge in [0.1, 0.15) is 30.5 Å². The highest BCUT2D eigenvalue weighted by atomic mass is 32.3. The lowest BCUT2D eigenvalue weighted by atomic mass is 9.99. The smallest absolute Gasteiger partial charge is 0.394 e. The molecule has 0 radical (unpaired) electrons. The number of aliphatic hydroxyl groups excluding tert-OH is 5. The third kappa shape index (κ3) is 23.6. The van der Waals surface area contributed by atoms with E-state index in [1.807, 2.05) is 19.1 Å². The fourth-order valence-electron chi connectivity index (χ4n) is 5.76. The van der Waals surface area contributed by atoms with Crippen molar-refractivity contribution < 1.29 is 57.0 Å². The van der Waals surface area contributed by atoms with Crippen LogP contribution < -0.4 is 5.32 Å². The average Bonchev–Trinajstić information content (AvgIpc) is 3.14. The number of nitrogens with one attached hydrogen (secondary N) is 1. The van der Waals surface area contributed by atoms with Crippen LogP contribution in [0.4, 0.5) is 0 Å². The van der Waals surface area contributed by atoms with E-state index in [1.54, 1.807) is 6.08 Å². The highest BCUT2D eigenvalue weighted by molar-refractivity contribution is 7.80. The zero-order valence-electron chi connectivity index (χ0n) is 32.4. The van der Waals surface area contributed by atoms with Crippen LogP contribution in [0.5, 0.6) is 0 Å². The van der Waals surface area contributed by atoms with Crippen molar-refractivity contribution in [3.63, 3.8) is 0 Å². The fraction of sp³-hybridized carbons (Fsp3) is 0.725. The third-order valence-electron chi connectivity index (χ3n) is 8.95. The molecular formula is C40H69NO12S. The van der Waals surface area contributed by atoms with Crippen LogP contribution in [-0.4, -0.2) is 107 Å². The predicted molar refractivity (Wildman–Crippen MR) is 210 cm³/mol. The molecule has 0 aliphatic carbocycles. The van der Waals surface area contributed by atoms with Crippen LogP contribution in [0.2, 0.25) is 0 Å². The van der Waals surface area contributed by atoms with E-state index in [-0.39, 0.29) is 6.42 Å². The number of ether oxygens (including phenoxy) is 2. The molecule has 312 valence electrons. The Morgan fingerprint density at radius 2 is 1.37 bits per heavy atom. The van der Waals surface area contributed by atoms with E-state index in [1.165, 1.54) is 25.3 Å². The minimum atomic E-state index is -5.12. The highest BCUT2D eigenvalue weighted by Gasteiger charge is 2.48. The first-order valence-electron chi connectivity index (χ1n) is 19.7. The summed E-state index contributed by atoms with van der Waals surface area (Å²) in [6.45, 7) is 2.88. The zero-order chi connectivity index (χ0) is 40.0. The van der Waals surface area contributed by atoms with Crippen molar-refractivity contribution in [2.75, 3.05) is 13.2 Å². The maximum Gasteiger partial charge on any atom is 0.397 e. The highest BCUT2D eigenvalue weighted by Crippen LogP contribution is 2.26. The molecule has 0 bridgehead atoms. The van der Waals surface area contributed by atoms with Gasteiger partial charge in [-0.25, -0.2) is 4.18 Å². The lowest BCUT2D eigenvalue weighted by molar-refractivity contribution is -0.298. The van der Waals surface area contributed by atoms with Gasteiger partial charge in [-0.2, -0.15) is 8.42 Å². The first-order chi connectivity index (χ1) is 25.9. The van der Waals surface area contributed by atoms with Gasteiger partial charge >= 0.3 is 10.4 Å². The lowest BCUT2D eigenvalue weighted by Crippen LogP contribution is -2.61. The van der Waals surface area contributed by atoms with Crippen molar-refractivity contribution >= 4 is 16.3 Å². The maximum atomic E-state index is 13.0. The number of hydrogen-bond acceptors (Lipinski definition) is 11. The van der Waals surface area contributed by atoms with Gasteiger partial charge in [0.25, 0.3) is 0 Å². The second kappa shape index (κ2) is 30.9. The summed E-state index contributed by atoms with van der Waals surface area (Å²) in [4.78, 5) is 13.0. The van der Waals surface area contributed by atoms with Crippen molar-refractivity contribution in [3.8, 4) is 0 Å². The molecule has 54 heavy (non-hydrogen) atoms. The number of hydrogen-bond donors (Lipinski definition) is 7. The van der Waals surface area contributed by atoms with Crippen LogP contribution in [0.15, 0.2) is 60.8 Å². The van der Waals surface area contributed by atoms with Crippen molar-refractivity contribution in [3.05, 3.63) is 60.8 Å². The van der Waals surface area contributed by atoms with Gasteiger partial charge in [0.15, 0.2) is 6.29 Å². The third-order valence-corrected chi connectivity index (χ3v) is 9.42. The zero-order valence-corrected chi connectivity index (χ0v) is 33.2. The van der Waals surface area contributed by atoms with Gasteiger partial charge in [-0.05, 0) is 71.1 Å². The molecule has 1 amide bonds. The Hall–Kier alpha value is -2.24. The molecule has 1 aliphatic rings. The summed E-state index contributed by atoms with van der Waals surface area (Å²) in [5.74, 6) is -0.732. The monoisotopic (exact) mass is 787 g/mol. The first kappa shape index (κ1) is 49.8. The molecule has 14 heteroatoms. The van der Waals surface area contributed by atoms with Gasteiger partial charge in [-0.3, -0.25) is 9.35 Å². The number of carbonyl (C=O) groups excluding carboxylic acids is 1. The van der Waals surface area contributed by atoms with E-state index in [4.69, 9.17) is 14.0 Å². The number of unbranched alkanes of at least 4 members (excludes halogenated alkanes) is 11. The van der Waals surface area contributed by atoms with Gasteiger partial charge in [0.05, 0.1) is 25.4 Å². The normalized spacial score (nSPS) is 23.0. The standard InChI is InChI=1S/C40H69NO12S/c1-3-5-7-9-11-13-14-15-16-17-18-19-21-23-25-27-29-34(44)39(47)41-32(33(43)28-26-24-22-20-12-10-8-6-4-2)31-51-40-37(46)38(53-54(48,49)50)36(45)35(30-42)52-40/h4,6,11-13,15-16,20,26,28,32-38,40,42-46H,3,5,7-10,14,17-19,21-25,27,29-31H2,1-2H3,(H,41,47)(H,48,49,50)/b6-4+,13-11-,16-15-,20-12+,28-26+. The van der Waals surface area contributed by atoms with E-state index < -0.39 is 78.5 Å². The molecule has 1 fully saturated rings. The molecule has 0 aromatic carbocycles. The SMILES string of the molecule is C/C=C/CC/C=C/CC/C=C/C(O)C(COC1OC(CO)C(O)C(OS(=O)(=O)O)C1O)NC(=O)C(O)CCCCCCCC/C=C\C/C=C\CCCCC. The van der Waals surface area contributed by atoms with Gasteiger partial charge in [-0.1, -0.05) is 113 Å². The Morgan fingerprint density at radius 3 is 1.98 bits per heavy atom. The van der Waals surface area contributed by atoms with Crippen molar-refractivity contribution in [1.82, 2.24) is 5.32 Å². The Bertz CT molecular complexity index is 1220. The van der Waals surface area contributed by atoms with E-state index in [2.05, 4.69) is 52.9 Å². The molecule has 8 unspecified atom stereocenters. The first-order valence-corrected chi connectivity index (χ1v) is 21.1. The summed E-state index contributed by atoms with van der Waals surface area (Å²) >= 11 is 0. The Kier molecular flexibility index (Phi) is 28.5. The lowest BCUT2D eigenvalue weighted by Gasteiger charge is -2.41. The summed E-state index contributed by atoms with van der Waals surface area (Å²) in [6.07, 6.45) is 24.9. The van der Waals surface area contributed by atoms with Gasteiger partial charge < -0.3 is 40.3 Å². The molecule has 8 atom stereocenters. The second-order valence-corrected chi connectivity index (χ2v) is 14.7. The minimum Gasteiger partial charge on any atom is -0.394 e. The summed E-state index contributed by atoms with van der Waals surface area (Å²) < 4.78 is 47.2. The van der Waals surface area contributed by atoms with Crippen LogP contribution in [-0.2, 0) is 28.9 Å². The van der Waals surface area contributed by atoms with E-state index in [0.717, 1.165) is 70.6 Å². The summed E-state index contributed by atoms with van der Waals surface area (Å²) in [7, 11) is -5.12. The minimum absolute atomic E-state index is 0.218. The second-order valence-electron chi connectivity index (χ2n) is 13.6.